The van der Waals surface area contributed by atoms with Crippen LogP contribution < -0.4 is 0 Å². The van der Waals surface area contributed by atoms with Gasteiger partial charge < -0.3 is 4.74 Å². The smallest absolute Gasteiger partial charge is 0.101 e. The number of allylic oxidation sites excluding steroid dienone is 2. The third-order valence-electron chi connectivity index (χ3n) is 3.57. The lowest BCUT2D eigenvalue weighted by molar-refractivity contribution is 0.0390. The molecule has 0 aromatic rings. The van der Waals surface area contributed by atoms with Crippen molar-refractivity contribution in [3.05, 3.63) is 34.5 Å². The number of nitriles is 1. The quantitative estimate of drug-likeness (QED) is 0.728. The van der Waals surface area contributed by atoms with Crippen molar-refractivity contribution in [2.75, 3.05) is 38.6 Å². The summed E-state index contributed by atoms with van der Waals surface area (Å²) in [4.78, 5) is 5.42. The second-order valence-electron chi connectivity index (χ2n) is 4.97. The van der Waals surface area contributed by atoms with Gasteiger partial charge in [-0.1, -0.05) is 5.92 Å². The highest BCUT2D eigenvalue weighted by Crippen LogP contribution is 2.37. The average Bonchev–Trinajstić information content (AvgIpc) is 3.00. The van der Waals surface area contributed by atoms with Gasteiger partial charge in [-0.05, 0) is 12.2 Å². The predicted octanol–water partition coefficient (Wildman–Crippen LogP) is 1.91. The van der Waals surface area contributed by atoms with E-state index in [0.717, 1.165) is 55.6 Å². The van der Waals surface area contributed by atoms with Crippen molar-refractivity contribution in [3.63, 3.8) is 0 Å². The first-order chi connectivity index (χ1) is 10.4. The van der Waals surface area contributed by atoms with Gasteiger partial charge in [0.25, 0.3) is 0 Å². The maximum Gasteiger partial charge on any atom is 0.101 e. The summed E-state index contributed by atoms with van der Waals surface area (Å²) in [6.07, 6.45) is 6.77. The lowest BCUT2D eigenvalue weighted by Crippen LogP contribution is -2.36. The average molecular weight is 299 g/mol. The first-order valence-corrected chi connectivity index (χ1v) is 8.10. The minimum Gasteiger partial charge on any atom is -0.379 e. The molecule has 3 aliphatic heterocycles. The van der Waals surface area contributed by atoms with E-state index in [1.165, 1.54) is 0 Å². The standard InChI is InChI=1S/C16H17N3OS/c17-12-14-11-16-15(3-10-21-16)19(13-14)5-2-1-4-18-6-8-20-9-7-18/h3,11,13H,1,4,6-10H2. The molecule has 3 aliphatic rings. The molecule has 0 bridgehead atoms. The molecule has 1 saturated heterocycles. The summed E-state index contributed by atoms with van der Waals surface area (Å²) in [7, 11) is 0. The molecule has 5 heteroatoms. The monoisotopic (exact) mass is 299 g/mol. The van der Waals surface area contributed by atoms with Crippen LogP contribution in [-0.4, -0.2) is 48.4 Å². The summed E-state index contributed by atoms with van der Waals surface area (Å²) < 4.78 is 5.33. The Kier molecular flexibility index (Phi) is 4.67. The Bertz CT molecular complexity index is 597. The summed E-state index contributed by atoms with van der Waals surface area (Å²) in [6, 6.07) is 5.37. The van der Waals surface area contributed by atoms with Gasteiger partial charge in [0.05, 0.1) is 24.5 Å². The number of morpholine rings is 1. The van der Waals surface area contributed by atoms with Crippen LogP contribution in [0.2, 0.25) is 0 Å². The lowest BCUT2D eigenvalue weighted by atomic mass is 10.2. The zero-order valence-corrected chi connectivity index (χ0v) is 12.7. The van der Waals surface area contributed by atoms with E-state index in [0.29, 0.717) is 5.57 Å². The molecule has 21 heavy (non-hydrogen) atoms. The molecular formula is C16H17N3OS. The van der Waals surface area contributed by atoms with Crippen LogP contribution in [0.4, 0.5) is 0 Å². The van der Waals surface area contributed by atoms with Gasteiger partial charge in [-0.2, -0.15) is 5.26 Å². The fourth-order valence-electron chi connectivity index (χ4n) is 2.44. The Morgan fingerprint density at radius 2 is 2.19 bits per heavy atom. The molecule has 0 aromatic carbocycles. The van der Waals surface area contributed by atoms with Crippen molar-refractivity contribution in [3.8, 4) is 18.0 Å². The zero-order valence-electron chi connectivity index (χ0n) is 11.8. The SMILES string of the molecule is N#CC1=CN(C#CCCN2CCOCC2)C2=CCSC2=C1. The van der Waals surface area contributed by atoms with Crippen molar-refractivity contribution in [2.45, 2.75) is 6.42 Å². The van der Waals surface area contributed by atoms with Crippen LogP contribution in [0.5, 0.6) is 0 Å². The fraction of sp³-hybridized carbons (Fsp3) is 0.438. The summed E-state index contributed by atoms with van der Waals surface area (Å²) in [5.41, 5.74) is 1.79. The fourth-order valence-corrected chi connectivity index (χ4v) is 3.40. The zero-order chi connectivity index (χ0) is 14.5. The molecule has 0 N–H and O–H groups in total. The number of hydrogen-bond donors (Lipinski definition) is 0. The van der Waals surface area contributed by atoms with E-state index >= 15 is 0 Å². The molecule has 0 spiro atoms. The second kappa shape index (κ2) is 6.87. The highest BCUT2D eigenvalue weighted by Gasteiger charge is 2.21. The van der Waals surface area contributed by atoms with Crippen LogP contribution in [0.1, 0.15) is 6.42 Å². The van der Waals surface area contributed by atoms with Gasteiger partial charge in [0.1, 0.15) is 6.07 Å². The van der Waals surface area contributed by atoms with Gasteiger partial charge in [-0.25, -0.2) is 0 Å². The van der Waals surface area contributed by atoms with Crippen LogP contribution in [-0.2, 0) is 4.74 Å². The van der Waals surface area contributed by atoms with Crippen LogP contribution >= 0.6 is 11.8 Å². The van der Waals surface area contributed by atoms with E-state index in [-0.39, 0.29) is 0 Å². The van der Waals surface area contributed by atoms with Gasteiger partial charge >= 0.3 is 0 Å². The molecule has 0 amide bonds. The highest BCUT2D eigenvalue weighted by molar-refractivity contribution is 8.03. The molecule has 0 aliphatic carbocycles. The Balaban J connectivity index is 1.59. The van der Waals surface area contributed by atoms with E-state index in [1.807, 2.05) is 17.2 Å². The summed E-state index contributed by atoms with van der Waals surface area (Å²) in [6.45, 7) is 4.63. The maximum absolute atomic E-state index is 9.09. The molecule has 1 fully saturated rings. The molecule has 0 radical (unpaired) electrons. The molecule has 0 unspecified atom stereocenters. The molecule has 0 saturated carbocycles. The summed E-state index contributed by atoms with van der Waals surface area (Å²) in [5.74, 6) is 4.18. The molecule has 4 nitrogen and oxygen atoms in total. The number of thioether (sulfide) groups is 1. The van der Waals surface area contributed by atoms with Gasteiger partial charge in [-0.3, -0.25) is 9.80 Å². The minimum absolute atomic E-state index is 0.666. The van der Waals surface area contributed by atoms with E-state index in [2.05, 4.69) is 29.0 Å². The number of fused-ring (bicyclic) bond motifs is 1. The highest BCUT2D eigenvalue weighted by atomic mass is 32.2. The first kappa shape index (κ1) is 14.3. The minimum atomic E-state index is 0.666. The number of rotatable bonds is 2. The number of nitrogens with zero attached hydrogens (tertiary/aromatic N) is 3. The molecule has 108 valence electrons. The number of ether oxygens (including phenoxy) is 1. The van der Waals surface area contributed by atoms with E-state index < -0.39 is 0 Å². The third-order valence-corrected chi connectivity index (χ3v) is 4.54. The largest absolute Gasteiger partial charge is 0.379 e. The summed E-state index contributed by atoms with van der Waals surface area (Å²) >= 11 is 1.76. The Morgan fingerprint density at radius 3 is 3.00 bits per heavy atom. The van der Waals surface area contributed by atoms with E-state index in [4.69, 9.17) is 10.00 Å². The van der Waals surface area contributed by atoms with Gasteiger partial charge in [0.15, 0.2) is 0 Å². The van der Waals surface area contributed by atoms with Crippen LogP contribution in [0.15, 0.2) is 34.5 Å². The van der Waals surface area contributed by atoms with Crippen LogP contribution in [0.25, 0.3) is 0 Å². The third kappa shape index (κ3) is 3.51. The van der Waals surface area contributed by atoms with Crippen molar-refractivity contribution < 1.29 is 4.74 Å². The molecule has 3 rings (SSSR count). The second-order valence-corrected chi connectivity index (χ2v) is 6.03. The predicted molar refractivity (Wildman–Crippen MR) is 83.8 cm³/mol. The Hall–Kier alpha value is -1.66. The summed E-state index contributed by atoms with van der Waals surface area (Å²) in [5, 5.41) is 9.09. The number of hydrogen-bond acceptors (Lipinski definition) is 5. The lowest BCUT2D eigenvalue weighted by Gasteiger charge is -2.25. The molecule has 0 aromatic heterocycles. The Labute approximate surface area is 129 Å². The first-order valence-electron chi connectivity index (χ1n) is 7.11. The van der Waals surface area contributed by atoms with Crippen molar-refractivity contribution in [1.82, 2.24) is 9.80 Å². The normalized spacial score (nSPS) is 21.5. The van der Waals surface area contributed by atoms with E-state index in [9.17, 15) is 0 Å². The molecular weight excluding hydrogens is 282 g/mol. The van der Waals surface area contributed by atoms with Crippen molar-refractivity contribution in [1.29, 1.82) is 5.26 Å². The van der Waals surface area contributed by atoms with Gasteiger partial charge in [0.2, 0.25) is 0 Å². The molecule has 3 heterocycles. The van der Waals surface area contributed by atoms with Gasteiger partial charge in [-0.15, -0.1) is 11.8 Å². The molecule has 0 atom stereocenters. The van der Waals surface area contributed by atoms with Crippen LogP contribution in [0.3, 0.4) is 0 Å². The van der Waals surface area contributed by atoms with Crippen molar-refractivity contribution >= 4 is 11.8 Å². The van der Waals surface area contributed by atoms with E-state index in [1.54, 1.807) is 11.8 Å². The topological polar surface area (TPSA) is 39.5 Å². The maximum atomic E-state index is 9.09. The van der Waals surface area contributed by atoms with Crippen molar-refractivity contribution in [2.24, 2.45) is 0 Å². The van der Waals surface area contributed by atoms with Crippen LogP contribution in [0, 0.1) is 23.3 Å². The Morgan fingerprint density at radius 1 is 1.33 bits per heavy atom. The van der Waals surface area contributed by atoms with Gasteiger partial charge in [0, 0.05) is 49.0 Å².